The number of rotatable bonds is 2. The van der Waals surface area contributed by atoms with E-state index in [9.17, 15) is 0 Å². The largest absolute Gasteiger partial charge is 0.293 e. The average molecular weight is 517 g/mol. The Morgan fingerprint density at radius 2 is 1.23 bits per heavy atom. The third-order valence-electron chi connectivity index (χ3n) is 7.69. The van der Waals surface area contributed by atoms with Crippen molar-refractivity contribution in [3.8, 4) is 22.8 Å². The number of benzene rings is 5. The molecular formula is C34H20N4S. The van der Waals surface area contributed by atoms with E-state index in [1.807, 2.05) is 42.1 Å². The van der Waals surface area contributed by atoms with E-state index in [0.29, 0.717) is 0 Å². The molecule has 182 valence electrons. The molecule has 1 aliphatic rings. The van der Waals surface area contributed by atoms with Gasteiger partial charge in [0.2, 0.25) is 0 Å². The summed E-state index contributed by atoms with van der Waals surface area (Å²) >= 11 is 1.84. The van der Waals surface area contributed by atoms with E-state index in [1.54, 1.807) is 0 Å². The predicted molar refractivity (Wildman–Crippen MR) is 160 cm³/mol. The Bertz CT molecular complexity index is 2260. The molecule has 0 unspecified atom stereocenters. The summed E-state index contributed by atoms with van der Waals surface area (Å²) in [5.41, 5.74) is 8.37. The van der Waals surface area contributed by atoms with Crippen molar-refractivity contribution in [1.29, 1.82) is 0 Å². The Morgan fingerprint density at radius 1 is 0.538 bits per heavy atom. The minimum atomic E-state index is 0.836. The highest BCUT2D eigenvalue weighted by atomic mass is 32.2. The molecule has 39 heavy (non-hydrogen) atoms. The van der Waals surface area contributed by atoms with Gasteiger partial charge in [0.25, 0.3) is 0 Å². The van der Waals surface area contributed by atoms with Crippen molar-refractivity contribution in [2.24, 2.45) is 0 Å². The topological polar surface area (TPSA) is 35.6 Å². The highest BCUT2D eigenvalue weighted by molar-refractivity contribution is 7.99. The van der Waals surface area contributed by atoms with Crippen LogP contribution in [0.25, 0.3) is 66.6 Å². The fraction of sp³-hybridized carbons (Fsp3) is 0. The predicted octanol–water partition coefficient (Wildman–Crippen LogP) is 8.80. The summed E-state index contributed by atoms with van der Waals surface area (Å²) in [5, 5.41) is 3.72. The van der Waals surface area contributed by atoms with Crippen molar-refractivity contribution in [2.75, 3.05) is 0 Å². The summed E-state index contributed by atoms with van der Waals surface area (Å²) in [6, 6.07) is 42.6. The van der Waals surface area contributed by atoms with Gasteiger partial charge in [-0.3, -0.25) is 9.13 Å². The SMILES string of the molecule is c1ccc(-c2nc3ccccc3nc2-n2c3ccccc3c3c4cccc5c4n(c32)-c2ccccc2S5)cc1. The zero-order chi connectivity index (χ0) is 25.5. The first kappa shape index (κ1) is 21.1. The van der Waals surface area contributed by atoms with Gasteiger partial charge in [-0.05, 0) is 36.4 Å². The van der Waals surface area contributed by atoms with Crippen LogP contribution in [0.2, 0.25) is 0 Å². The monoisotopic (exact) mass is 516 g/mol. The molecule has 4 heterocycles. The third-order valence-corrected chi connectivity index (χ3v) is 8.81. The Kier molecular flexibility index (Phi) is 4.23. The lowest BCUT2D eigenvalue weighted by Crippen LogP contribution is -2.08. The molecule has 8 aromatic rings. The molecular weight excluding hydrogens is 496 g/mol. The fourth-order valence-corrected chi connectivity index (χ4v) is 7.17. The van der Waals surface area contributed by atoms with Gasteiger partial charge >= 0.3 is 0 Å². The van der Waals surface area contributed by atoms with E-state index in [2.05, 4.69) is 100 Å². The highest BCUT2D eigenvalue weighted by Crippen LogP contribution is 2.49. The number of aromatic nitrogens is 4. The summed E-state index contributed by atoms with van der Waals surface area (Å²) in [5.74, 6) is 0.836. The summed E-state index contributed by atoms with van der Waals surface area (Å²) in [6.45, 7) is 0. The van der Waals surface area contributed by atoms with Crippen LogP contribution in [-0.4, -0.2) is 19.1 Å². The number of fused-ring (bicyclic) bond motifs is 8. The minimum Gasteiger partial charge on any atom is -0.293 e. The molecule has 0 bridgehead atoms. The Hall–Kier alpha value is -4.87. The molecule has 0 N–H and O–H groups in total. The molecule has 4 nitrogen and oxygen atoms in total. The maximum Gasteiger partial charge on any atom is 0.166 e. The second kappa shape index (κ2) is 7.82. The van der Waals surface area contributed by atoms with Crippen molar-refractivity contribution < 1.29 is 0 Å². The van der Waals surface area contributed by atoms with Crippen LogP contribution >= 0.6 is 11.8 Å². The van der Waals surface area contributed by atoms with Crippen molar-refractivity contribution in [2.45, 2.75) is 9.79 Å². The van der Waals surface area contributed by atoms with Crippen molar-refractivity contribution >= 4 is 55.6 Å². The molecule has 0 aliphatic carbocycles. The molecule has 0 amide bonds. The van der Waals surface area contributed by atoms with Crippen molar-refractivity contribution in [3.05, 3.63) is 121 Å². The van der Waals surface area contributed by atoms with Gasteiger partial charge in [0, 0.05) is 31.5 Å². The van der Waals surface area contributed by atoms with Gasteiger partial charge in [-0.25, -0.2) is 9.97 Å². The lowest BCUT2D eigenvalue weighted by molar-refractivity contribution is 0.999. The molecule has 9 rings (SSSR count). The maximum atomic E-state index is 5.32. The molecule has 1 aliphatic heterocycles. The van der Waals surface area contributed by atoms with Crippen molar-refractivity contribution in [3.63, 3.8) is 0 Å². The number of para-hydroxylation sites is 5. The van der Waals surface area contributed by atoms with Crippen LogP contribution < -0.4 is 0 Å². The summed E-state index contributed by atoms with van der Waals surface area (Å²) in [7, 11) is 0. The van der Waals surface area contributed by atoms with E-state index >= 15 is 0 Å². The summed E-state index contributed by atoms with van der Waals surface area (Å²) in [6.07, 6.45) is 0. The van der Waals surface area contributed by atoms with Gasteiger partial charge in [-0.15, -0.1) is 0 Å². The molecule has 0 radical (unpaired) electrons. The highest BCUT2D eigenvalue weighted by Gasteiger charge is 2.29. The minimum absolute atomic E-state index is 0.836. The number of hydrogen-bond donors (Lipinski definition) is 0. The van der Waals surface area contributed by atoms with Crippen LogP contribution in [0.3, 0.4) is 0 Å². The summed E-state index contributed by atoms with van der Waals surface area (Å²) < 4.78 is 4.78. The van der Waals surface area contributed by atoms with Gasteiger partial charge < -0.3 is 0 Å². The zero-order valence-electron chi connectivity index (χ0n) is 20.7. The number of hydrogen-bond acceptors (Lipinski definition) is 3. The van der Waals surface area contributed by atoms with E-state index < -0.39 is 0 Å². The molecule has 0 fully saturated rings. The Balaban J connectivity index is 1.54. The first-order chi connectivity index (χ1) is 19.4. The lowest BCUT2D eigenvalue weighted by atomic mass is 10.1. The van der Waals surface area contributed by atoms with Gasteiger partial charge in [0.1, 0.15) is 11.3 Å². The van der Waals surface area contributed by atoms with Crippen LogP contribution in [-0.2, 0) is 0 Å². The van der Waals surface area contributed by atoms with Crippen LogP contribution in [0.15, 0.2) is 131 Å². The number of nitrogens with zero attached hydrogens (tertiary/aromatic N) is 4. The Morgan fingerprint density at radius 3 is 2.13 bits per heavy atom. The van der Waals surface area contributed by atoms with Crippen LogP contribution in [0.5, 0.6) is 0 Å². The lowest BCUT2D eigenvalue weighted by Gasteiger charge is -2.21. The maximum absolute atomic E-state index is 5.32. The van der Waals surface area contributed by atoms with E-state index in [0.717, 1.165) is 39.3 Å². The summed E-state index contributed by atoms with van der Waals surface area (Å²) in [4.78, 5) is 13.0. The fourth-order valence-electron chi connectivity index (χ4n) is 6.08. The molecule has 0 saturated carbocycles. The standard InChI is InChI=1S/C34H20N4S/c1-2-11-21(12-3-1)31-33(36-25-16-6-5-15-24(25)35-31)38-26-17-7-4-13-22(26)30-23-14-10-20-29-32(23)37(34(30)38)27-18-8-9-19-28(27)39-29/h1-20H. The van der Waals surface area contributed by atoms with Gasteiger partial charge in [-0.1, -0.05) is 96.7 Å². The average Bonchev–Trinajstić information content (AvgIpc) is 3.51. The molecule has 5 aromatic carbocycles. The van der Waals surface area contributed by atoms with Gasteiger partial charge in [-0.2, -0.15) is 0 Å². The molecule has 5 heteroatoms. The van der Waals surface area contributed by atoms with Crippen molar-refractivity contribution in [1.82, 2.24) is 19.1 Å². The first-order valence-electron chi connectivity index (χ1n) is 13.0. The third kappa shape index (κ3) is 2.85. The van der Waals surface area contributed by atoms with Crippen LogP contribution in [0.1, 0.15) is 0 Å². The molecule has 0 atom stereocenters. The molecule has 0 spiro atoms. The van der Waals surface area contributed by atoms with E-state index in [4.69, 9.17) is 9.97 Å². The van der Waals surface area contributed by atoms with E-state index in [-0.39, 0.29) is 0 Å². The quantitative estimate of drug-likeness (QED) is 0.230. The molecule has 0 saturated heterocycles. The smallest absolute Gasteiger partial charge is 0.166 e. The molecule has 3 aromatic heterocycles. The zero-order valence-corrected chi connectivity index (χ0v) is 21.6. The first-order valence-corrected chi connectivity index (χ1v) is 13.8. The second-order valence-electron chi connectivity index (χ2n) is 9.86. The van der Waals surface area contributed by atoms with Gasteiger partial charge in [0.05, 0.1) is 27.8 Å². The normalized spacial score (nSPS) is 12.5. The van der Waals surface area contributed by atoms with Crippen LogP contribution in [0, 0.1) is 0 Å². The second-order valence-corrected chi connectivity index (χ2v) is 10.9. The Labute approximate surface area is 228 Å². The van der Waals surface area contributed by atoms with E-state index in [1.165, 1.54) is 37.2 Å². The van der Waals surface area contributed by atoms with Crippen LogP contribution in [0.4, 0.5) is 0 Å². The van der Waals surface area contributed by atoms with Gasteiger partial charge in [0.15, 0.2) is 5.82 Å².